The van der Waals surface area contributed by atoms with Gasteiger partial charge in [-0.25, -0.2) is 4.99 Å². The van der Waals surface area contributed by atoms with Crippen LogP contribution in [0.3, 0.4) is 0 Å². The molecule has 0 bridgehead atoms. The van der Waals surface area contributed by atoms with E-state index < -0.39 is 0 Å². The molecule has 1 aromatic rings. The Balaban J connectivity index is 1.82. The largest absolute Gasteiger partial charge is 0.508 e. The van der Waals surface area contributed by atoms with E-state index >= 15 is 0 Å². The number of methoxy groups -OCH3 is 1. The molecule has 0 radical (unpaired) electrons. The zero-order chi connectivity index (χ0) is 18.8. The van der Waals surface area contributed by atoms with Crippen LogP contribution in [0, 0.1) is 0 Å². The van der Waals surface area contributed by atoms with E-state index in [2.05, 4.69) is 34.4 Å². The molecule has 2 rings (SSSR count). The number of hydrogen-bond donors (Lipinski definition) is 3. The summed E-state index contributed by atoms with van der Waals surface area (Å²) in [4.78, 5) is 7.17. The van der Waals surface area contributed by atoms with Crippen LogP contribution in [-0.2, 0) is 6.54 Å². The van der Waals surface area contributed by atoms with Crippen molar-refractivity contribution in [3.05, 3.63) is 23.8 Å². The molecule has 0 aromatic heterocycles. The topological polar surface area (TPSA) is 69.1 Å². The lowest BCUT2D eigenvalue weighted by molar-refractivity contribution is 0.159. The van der Waals surface area contributed by atoms with Crippen LogP contribution in [0.15, 0.2) is 23.2 Å². The van der Waals surface area contributed by atoms with Gasteiger partial charge in [0.15, 0.2) is 5.96 Å². The van der Waals surface area contributed by atoms with Gasteiger partial charge in [0, 0.05) is 31.2 Å². The lowest BCUT2D eigenvalue weighted by Crippen LogP contribution is -2.41. The van der Waals surface area contributed by atoms with Crippen LogP contribution < -0.4 is 15.4 Å². The van der Waals surface area contributed by atoms with Gasteiger partial charge in [0.1, 0.15) is 11.5 Å². The summed E-state index contributed by atoms with van der Waals surface area (Å²) in [5, 5.41) is 16.6. The van der Waals surface area contributed by atoms with Crippen LogP contribution in [0.2, 0.25) is 0 Å². The third kappa shape index (κ3) is 6.41. The van der Waals surface area contributed by atoms with Gasteiger partial charge in [0.25, 0.3) is 0 Å². The van der Waals surface area contributed by atoms with Crippen molar-refractivity contribution in [1.82, 2.24) is 15.5 Å². The number of phenolic OH excluding ortho intramolecular Hbond substituents is 1. The summed E-state index contributed by atoms with van der Waals surface area (Å²) in [6, 6.07) is 5.92. The van der Waals surface area contributed by atoms with Crippen molar-refractivity contribution in [2.75, 3.05) is 33.3 Å². The Morgan fingerprint density at radius 1 is 1.35 bits per heavy atom. The Kier molecular flexibility index (Phi) is 8.54. The number of rotatable bonds is 8. The van der Waals surface area contributed by atoms with Crippen molar-refractivity contribution in [3.8, 4) is 11.5 Å². The maximum absolute atomic E-state index is 9.99. The van der Waals surface area contributed by atoms with Crippen LogP contribution >= 0.6 is 0 Å². The highest BCUT2D eigenvalue weighted by molar-refractivity contribution is 5.79. The number of nitrogens with zero attached hydrogens (tertiary/aromatic N) is 2. The van der Waals surface area contributed by atoms with E-state index in [-0.39, 0.29) is 5.75 Å². The van der Waals surface area contributed by atoms with Crippen molar-refractivity contribution in [3.63, 3.8) is 0 Å². The smallest absolute Gasteiger partial charge is 0.191 e. The first-order valence-electron chi connectivity index (χ1n) is 9.76. The van der Waals surface area contributed by atoms with Crippen LogP contribution in [-0.4, -0.2) is 55.3 Å². The van der Waals surface area contributed by atoms with E-state index in [1.165, 1.54) is 25.8 Å². The Hall–Kier alpha value is -1.95. The van der Waals surface area contributed by atoms with E-state index in [0.29, 0.717) is 12.6 Å². The van der Waals surface area contributed by atoms with E-state index in [0.717, 1.165) is 43.3 Å². The maximum Gasteiger partial charge on any atom is 0.191 e. The molecule has 146 valence electrons. The minimum absolute atomic E-state index is 0.240. The summed E-state index contributed by atoms with van der Waals surface area (Å²) < 4.78 is 5.21. The average Bonchev–Trinajstić information content (AvgIpc) is 2.65. The lowest BCUT2D eigenvalue weighted by atomic mass is 10.0. The van der Waals surface area contributed by atoms with Gasteiger partial charge in [-0.1, -0.05) is 6.42 Å². The van der Waals surface area contributed by atoms with E-state index in [1.807, 2.05) is 6.07 Å². The fraction of sp³-hybridized carbons (Fsp3) is 0.650. The molecule has 0 amide bonds. The number of phenols is 1. The molecule has 1 atom stereocenters. The van der Waals surface area contributed by atoms with Gasteiger partial charge in [0.05, 0.1) is 13.7 Å². The molecule has 1 aromatic carbocycles. The lowest BCUT2D eigenvalue weighted by Gasteiger charge is -2.33. The first-order chi connectivity index (χ1) is 12.6. The number of aromatic hydroxyl groups is 1. The summed E-state index contributed by atoms with van der Waals surface area (Å²) in [6.45, 7) is 8.84. The van der Waals surface area contributed by atoms with Crippen molar-refractivity contribution in [2.24, 2.45) is 4.99 Å². The van der Waals surface area contributed by atoms with Gasteiger partial charge in [0.2, 0.25) is 0 Å². The van der Waals surface area contributed by atoms with Gasteiger partial charge in [-0.3, -0.25) is 0 Å². The Labute approximate surface area is 157 Å². The highest BCUT2D eigenvalue weighted by atomic mass is 16.5. The molecular weight excluding hydrogens is 328 g/mol. The van der Waals surface area contributed by atoms with Crippen molar-refractivity contribution >= 4 is 5.96 Å². The van der Waals surface area contributed by atoms with Crippen LogP contribution in [0.25, 0.3) is 0 Å². The molecular formula is C20H34N4O2. The Morgan fingerprint density at radius 3 is 2.92 bits per heavy atom. The second-order valence-electron chi connectivity index (χ2n) is 6.85. The number of hydrogen-bond acceptors (Lipinski definition) is 4. The molecule has 1 fully saturated rings. The zero-order valence-electron chi connectivity index (χ0n) is 16.4. The van der Waals surface area contributed by atoms with Gasteiger partial charge in [-0.15, -0.1) is 0 Å². The number of benzene rings is 1. The third-order valence-electron chi connectivity index (χ3n) is 4.89. The average molecular weight is 363 g/mol. The molecule has 1 heterocycles. The van der Waals surface area contributed by atoms with Gasteiger partial charge < -0.3 is 25.4 Å². The minimum Gasteiger partial charge on any atom is -0.508 e. The van der Waals surface area contributed by atoms with Gasteiger partial charge in [-0.2, -0.15) is 0 Å². The van der Waals surface area contributed by atoms with Crippen molar-refractivity contribution in [2.45, 2.75) is 52.1 Å². The zero-order valence-corrected chi connectivity index (χ0v) is 16.4. The SMILES string of the molecule is CCNC(=NCc1cc(OC)ccc1O)NCCCN1CCCCC1C. The van der Waals surface area contributed by atoms with E-state index in [1.54, 1.807) is 19.2 Å². The molecule has 6 nitrogen and oxygen atoms in total. The molecule has 6 heteroatoms. The Bertz CT molecular complexity index is 577. The summed E-state index contributed by atoms with van der Waals surface area (Å²) >= 11 is 0. The van der Waals surface area contributed by atoms with Crippen LogP contribution in [0.4, 0.5) is 0 Å². The van der Waals surface area contributed by atoms with Gasteiger partial charge >= 0.3 is 0 Å². The highest BCUT2D eigenvalue weighted by Crippen LogP contribution is 2.23. The highest BCUT2D eigenvalue weighted by Gasteiger charge is 2.17. The molecule has 26 heavy (non-hydrogen) atoms. The number of guanidine groups is 1. The fourth-order valence-electron chi connectivity index (χ4n) is 3.30. The summed E-state index contributed by atoms with van der Waals surface area (Å²) in [5.41, 5.74) is 0.753. The second kappa shape index (κ2) is 10.9. The Morgan fingerprint density at radius 2 is 2.19 bits per heavy atom. The molecule has 1 saturated heterocycles. The van der Waals surface area contributed by atoms with Crippen LogP contribution in [0.5, 0.6) is 11.5 Å². The van der Waals surface area contributed by atoms with E-state index in [9.17, 15) is 5.11 Å². The molecule has 1 unspecified atom stereocenters. The number of aliphatic imine (C=N–C) groups is 1. The van der Waals surface area contributed by atoms with Gasteiger partial charge in [-0.05, 0) is 57.9 Å². The first kappa shape index (κ1) is 20.4. The number of piperidine rings is 1. The minimum atomic E-state index is 0.240. The fourth-order valence-corrected chi connectivity index (χ4v) is 3.30. The predicted octanol–water partition coefficient (Wildman–Crippen LogP) is 2.72. The van der Waals surface area contributed by atoms with Crippen LogP contribution in [0.1, 0.15) is 45.1 Å². The van der Waals surface area contributed by atoms with E-state index in [4.69, 9.17) is 4.74 Å². The number of ether oxygens (including phenoxy) is 1. The van der Waals surface area contributed by atoms with Crippen molar-refractivity contribution in [1.29, 1.82) is 0 Å². The van der Waals surface area contributed by atoms with Crippen molar-refractivity contribution < 1.29 is 9.84 Å². The maximum atomic E-state index is 9.99. The standard InChI is InChI=1S/C20H34N4O2/c1-4-21-20(22-11-7-13-24-12-6-5-8-16(24)2)23-15-17-14-18(26-3)9-10-19(17)25/h9-10,14,16,25H,4-8,11-13,15H2,1-3H3,(H2,21,22,23). The predicted molar refractivity (Wildman–Crippen MR) is 107 cm³/mol. The number of nitrogens with one attached hydrogen (secondary N) is 2. The molecule has 1 aliphatic rings. The molecule has 0 saturated carbocycles. The molecule has 0 aliphatic carbocycles. The molecule has 0 spiro atoms. The number of likely N-dealkylation sites (tertiary alicyclic amines) is 1. The summed E-state index contributed by atoms with van der Waals surface area (Å²) in [5.74, 6) is 1.74. The summed E-state index contributed by atoms with van der Waals surface area (Å²) in [7, 11) is 1.62. The first-order valence-corrected chi connectivity index (χ1v) is 9.76. The second-order valence-corrected chi connectivity index (χ2v) is 6.85. The molecule has 1 aliphatic heterocycles. The quantitative estimate of drug-likeness (QED) is 0.377. The molecule has 3 N–H and O–H groups in total. The summed E-state index contributed by atoms with van der Waals surface area (Å²) in [6.07, 6.45) is 5.11. The monoisotopic (exact) mass is 362 g/mol. The normalized spacial score (nSPS) is 18.6. The third-order valence-corrected chi connectivity index (χ3v) is 4.89.